The maximum Gasteiger partial charge on any atom is 0.0278 e. The highest BCUT2D eigenvalue weighted by Gasteiger charge is 2.24. The third kappa shape index (κ3) is 3.97. The van der Waals surface area contributed by atoms with Crippen LogP contribution in [0.25, 0.3) is 0 Å². The third-order valence-corrected chi connectivity index (χ3v) is 3.55. The van der Waals surface area contributed by atoms with Crippen LogP contribution in [0.15, 0.2) is 0 Å². The summed E-state index contributed by atoms with van der Waals surface area (Å²) in [6, 6.07) is 0.654. The van der Waals surface area contributed by atoms with Crippen LogP contribution in [0.3, 0.4) is 0 Å². The second-order valence-corrected chi connectivity index (χ2v) is 4.39. The Morgan fingerprint density at radius 1 is 1.14 bits per heavy atom. The van der Waals surface area contributed by atoms with Gasteiger partial charge in [0.05, 0.1) is 0 Å². The van der Waals surface area contributed by atoms with E-state index in [0.29, 0.717) is 6.04 Å². The second-order valence-electron chi connectivity index (χ2n) is 4.39. The molecule has 0 aromatic carbocycles. The minimum Gasteiger partial charge on any atom is -0.324 e. The fourth-order valence-corrected chi connectivity index (χ4v) is 1.72. The van der Waals surface area contributed by atoms with Gasteiger partial charge < -0.3 is 5.73 Å². The maximum atomic E-state index is 6.32. The molecule has 2 nitrogen and oxygen atoms in total. The molecule has 1 atom stereocenters. The first-order valence-electron chi connectivity index (χ1n) is 6.05. The van der Waals surface area contributed by atoms with Gasteiger partial charge in [-0.2, -0.15) is 0 Å². The van der Waals surface area contributed by atoms with E-state index in [2.05, 4.69) is 39.5 Å². The van der Waals surface area contributed by atoms with Crippen molar-refractivity contribution in [3.8, 4) is 0 Å². The summed E-state index contributed by atoms with van der Waals surface area (Å²) in [5.41, 5.74) is 6.34. The molecule has 0 aliphatic rings. The fourth-order valence-electron chi connectivity index (χ4n) is 1.72. The molecular formula is C12H28N2. The molecule has 0 aliphatic heterocycles. The van der Waals surface area contributed by atoms with E-state index >= 15 is 0 Å². The molecule has 1 unspecified atom stereocenters. The second kappa shape index (κ2) is 6.41. The van der Waals surface area contributed by atoms with Gasteiger partial charge in [0.25, 0.3) is 0 Å². The summed E-state index contributed by atoms with van der Waals surface area (Å²) < 4.78 is 0. The van der Waals surface area contributed by atoms with Crippen molar-refractivity contribution in [1.29, 1.82) is 0 Å². The van der Waals surface area contributed by atoms with Crippen molar-refractivity contribution in [2.75, 3.05) is 13.1 Å². The van der Waals surface area contributed by atoms with Crippen LogP contribution in [0.1, 0.15) is 53.9 Å². The van der Waals surface area contributed by atoms with E-state index < -0.39 is 0 Å². The standard InChI is InChI=1S/C12H28N2/c1-6-11(5)14(9-4)10-12(13,7-2)8-3/h11H,6-10,13H2,1-5H3. The minimum absolute atomic E-state index is 0.0133. The first kappa shape index (κ1) is 13.9. The van der Waals surface area contributed by atoms with Crippen molar-refractivity contribution in [3.63, 3.8) is 0 Å². The lowest BCUT2D eigenvalue weighted by Crippen LogP contribution is -2.51. The zero-order valence-corrected chi connectivity index (χ0v) is 10.6. The quantitative estimate of drug-likeness (QED) is 0.684. The molecule has 0 heterocycles. The van der Waals surface area contributed by atoms with E-state index in [1.807, 2.05) is 0 Å². The Morgan fingerprint density at radius 3 is 1.93 bits per heavy atom. The number of likely N-dealkylation sites (N-methyl/N-ethyl adjacent to an activating group) is 1. The molecular weight excluding hydrogens is 172 g/mol. The van der Waals surface area contributed by atoms with Crippen LogP contribution in [0, 0.1) is 0 Å². The van der Waals surface area contributed by atoms with Crippen molar-refractivity contribution < 1.29 is 0 Å². The Labute approximate surface area is 89.9 Å². The molecule has 0 saturated heterocycles. The van der Waals surface area contributed by atoms with Crippen LogP contribution in [0.4, 0.5) is 0 Å². The monoisotopic (exact) mass is 200 g/mol. The lowest BCUT2D eigenvalue weighted by molar-refractivity contribution is 0.158. The highest BCUT2D eigenvalue weighted by atomic mass is 15.2. The SMILES string of the molecule is CCC(C)N(CC)CC(N)(CC)CC. The van der Waals surface area contributed by atoms with Crippen molar-refractivity contribution in [2.45, 2.75) is 65.5 Å². The van der Waals surface area contributed by atoms with Crippen LogP contribution in [0.2, 0.25) is 0 Å². The van der Waals surface area contributed by atoms with E-state index in [4.69, 9.17) is 5.73 Å². The molecule has 2 heteroatoms. The van der Waals surface area contributed by atoms with Crippen molar-refractivity contribution in [2.24, 2.45) is 5.73 Å². The summed E-state index contributed by atoms with van der Waals surface area (Å²) in [4.78, 5) is 2.49. The topological polar surface area (TPSA) is 29.3 Å². The Bertz CT molecular complexity index is 141. The lowest BCUT2D eigenvalue weighted by atomic mass is 9.93. The molecule has 0 aliphatic carbocycles. The molecule has 0 rings (SSSR count). The van der Waals surface area contributed by atoms with Gasteiger partial charge in [-0.1, -0.05) is 27.7 Å². The predicted molar refractivity (Wildman–Crippen MR) is 64.5 cm³/mol. The Hall–Kier alpha value is -0.0800. The van der Waals surface area contributed by atoms with Gasteiger partial charge in [0.15, 0.2) is 0 Å². The molecule has 0 spiro atoms. The summed E-state index contributed by atoms with van der Waals surface area (Å²) in [5.74, 6) is 0. The number of rotatable bonds is 7. The fraction of sp³-hybridized carbons (Fsp3) is 1.00. The van der Waals surface area contributed by atoms with E-state index in [9.17, 15) is 0 Å². The third-order valence-electron chi connectivity index (χ3n) is 3.55. The van der Waals surface area contributed by atoms with Crippen LogP contribution >= 0.6 is 0 Å². The van der Waals surface area contributed by atoms with Crippen molar-refractivity contribution in [3.05, 3.63) is 0 Å². The van der Waals surface area contributed by atoms with Crippen LogP contribution in [-0.2, 0) is 0 Å². The largest absolute Gasteiger partial charge is 0.324 e. The minimum atomic E-state index is 0.0133. The highest BCUT2D eigenvalue weighted by Crippen LogP contribution is 2.15. The first-order valence-corrected chi connectivity index (χ1v) is 6.05. The van der Waals surface area contributed by atoms with Crippen LogP contribution in [-0.4, -0.2) is 29.6 Å². The average molecular weight is 200 g/mol. The van der Waals surface area contributed by atoms with Gasteiger partial charge >= 0.3 is 0 Å². The zero-order chi connectivity index (χ0) is 11.2. The van der Waals surface area contributed by atoms with Gasteiger partial charge in [0.1, 0.15) is 0 Å². The number of nitrogens with zero attached hydrogens (tertiary/aromatic N) is 1. The summed E-state index contributed by atoms with van der Waals surface area (Å²) in [6.45, 7) is 13.3. The van der Waals surface area contributed by atoms with Crippen molar-refractivity contribution in [1.82, 2.24) is 4.90 Å². The van der Waals surface area contributed by atoms with Gasteiger partial charge in [0.2, 0.25) is 0 Å². The smallest absolute Gasteiger partial charge is 0.0278 e. The van der Waals surface area contributed by atoms with Gasteiger partial charge in [-0.15, -0.1) is 0 Å². The van der Waals surface area contributed by atoms with Crippen LogP contribution < -0.4 is 5.73 Å². The first-order chi connectivity index (χ1) is 6.52. The highest BCUT2D eigenvalue weighted by molar-refractivity contribution is 4.85. The van der Waals surface area contributed by atoms with E-state index in [0.717, 1.165) is 25.9 Å². The molecule has 0 fully saturated rings. The molecule has 0 amide bonds. The van der Waals surface area contributed by atoms with E-state index in [-0.39, 0.29) is 5.54 Å². The summed E-state index contributed by atoms with van der Waals surface area (Å²) in [6.07, 6.45) is 3.34. The van der Waals surface area contributed by atoms with Crippen LogP contribution in [0.5, 0.6) is 0 Å². The predicted octanol–water partition coefficient (Wildman–Crippen LogP) is 2.62. The molecule has 0 saturated carbocycles. The van der Waals surface area contributed by atoms with Gasteiger partial charge in [-0.3, -0.25) is 4.90 Å². The normalized spacial score (nSPS) is 14.8. The van der Waals surface area contributed by atoms with Crippen molar-refractivity contribution >= 4 is 0 Å². The average Bonchev–Trinajstić information content (AvgIpc) is 2.24. The van der Waals surface area contributed by atoms with Gasteiger partial charge in [0, 0.05) is 18.1 Å². The summed E-state index contributed by atoms with van der Waals surface area (Å²) in [5, 5.41) is 0. The van der Waals surface area contributed by atoms with Gasteiger partial charge in [-0.05, 0) is 32.7 Å². The molecule has 86 valence electrons. The van der Waals surface area contributed by atoms with E-state index in [1.165, 1.54) is 6.42 Å². The maximum absolute atomic E-state index is 6.32. The van der Waals surface area contributed by atoms with E-state index in [1.54, 1.807) is 0 Å². The Morgan fingerprint density at radius 2 is 1.64 bits per heavy atom. The Kier molecular flexibility index (Phi) is 6.38. The zero-order valence-electron chi connectivity index (χ0n) is 10.6. The molecule has 0 aromatic heterocycles. The summed E-state index contributed by atoms with van der Waals surface area (Å²) in [7, 11) is 0. The molecule has 2 N–H and O–H groups in total. The molecule has 0 radical (unpaired) electrons. The van der Waals surface area contributed by atoms with Gasteiger partial charge in [-0.25, -0.2) is 0 Å². The number of hydrogen-bond acceptors (Lipinski definition) is 2. The lowest BCUT2D eigenvalue weighted by Gasteiger charge is -2.36. The Balaban J connectivity index is 4.28. The molecule has 0 aromatic rings. The number of hydrogen-bond donors (Lipinski definition) is 1. The summed E-state index contributed by atoms with van der Waals surface area (Å²) >= 11 is 0. The number of nitrogens with two attached hydrogens (primary N) is 1. The molecule has 14 heavy (non-hydrogen) atoms. The molecule has 0 bridgehead atoms.